The van der Waals surface area contributed by atoms with Gasteiger partial charge in [-0.1, -0.05) is 38.5 Å². The lowest BCUT2D eigenvalue weighted by atomic mass is 9.88. The number of benzene rings is 1. The number of nitrogens with one attached hydrogen (secondary N) is 2. The fourth-order valence-corrected chi connectivity index (χ4v) is 6.33. The second kappa shape index (κ2) is 10.2. The third kappa shape index (κ3) is 5.92. The molecule has 4 aromatic rings. The number of pyridine rings is 1. The Labute approximate surface area is 225 Å². The number of hydrogen-bond donors (Lipinski definition) is 2. The average molecular weight is 579 g/mol. The molecular weight excluding hydrogens is 550 g/mol. The zero-order chi connectivity index (χ0) is 28.8. The zero-order valence-electron chi connectivity index (χ0n) is 21.9. The Kier molecular flexibility index (Phi) is 7.49. The number of aromatic nitrogens is 4. The number of hydrogen-bond acceptors (Lipinski definition) is 8. The summed E-state index contributed by atoms with van der Waals surface area (Å²) >= 11 is 0. The van der Waals surface area contributed by atoms with Crippen molar-refractivity contribution in [3.8, 4) is 11.4 Å². The van der Waals surface area contributed by atoms with Crippen molar-refractivity contribution < 1.29 is 25.6 Å². The fraction of sp³-hybridized carbons (Fsp3) is 0.320. The summed E-state index contributed by atoms with van der Waals surface area (Å²) in [6.45, 7) is 7.18. The highest BCUT2D eigenvalue weighted by Gasteiger charge is 2.31. The molecule has 0 bridgehead atoms. The number of halogens is 2. The molecule has 0 saturated carbocycles. The maximum Gasteiger partial charge on any atom is 0.269 e. The zero-order valence-corrected chi connectivity index (χ0v) is 23.5. The molecule has 1 atom stereocenters. The van der Waals surface area contributed by atoms with E-state index in [0.29, 0.717) is 0 Å². The molecule has 1 aromatic carbocycles. The molecule has 4 rings (SSSR count). The van der Waals surface area contributed by atoms with Gasteiger partial charge in [-0.15, -0.1) is 0 Å². The second-order valence-electron chi connectivity index (χ2n) is 10.1. The van der Waals surface area contributed by atoms with E-state index < -0.39 is 43.1 Å². The van der Waals surface area contributed by atoms with E-state index in [4.69, 9.17) is 0 Å². The molecule has 0 unspecified atom stereocenters. The van der Waals surface area contributed by atoms with Gasteiger partial charge in [0, 0.05) is 23.2 Å². The van der Waals surface area contributed by atoms with Gasteiger partial charge in [0.2, 0.25) is 10.0 Å². The normalized spacial score (nSPS) is 13.5. The highest BCUT2D eigenvalue weighted by molar-refractivity contribution is 7.90. The van der Waals surface area contributed by atoms with Crippen molar-refractivity contribution in [2.45, 2.75) is 38.6 Å². The molecule has 3 aromatic heterocycles. The van der Waals surface area contributed by atoms with Gasteiger partial charge in [-0.2, -0.15) is 0 Å². The molecule has 2 N–H and O–H groups in total. The van der Waals surface area contributed by atoms with E-state index in [2.05, 4.69) is 25.0 Å². The summed E-state index contributed by atoms with van der Waals surface area (Å²) in [6.07, 6.45) is 2.97. The summed E-state index contributed by atoms with van der Waals surface area (Å²) in [6, 6.07) is 6.51. The van der Waals surface area contributed by atoms with E-state index >= 15 is 0 Å². The highest BCUT2D eigenvalue weighted by Crippen LogP contribution is 2.32. The lowest BCUT2D eigenvalue weighted by Crippen LogP contribution is -2.43. The largest absolute Gasteiger partial charge is 0.363 e. The molecule has 0 fully saturated rings. The minimum Gasteiger partial charge on any atom is -0.363 e. The van der Waals surface area contributed by atoms with Gasteiger partial charge < -0.3 is 5.32 Å². The van der Waals surface area contributed by atoms with E-state index in [1.165, 1.54) is 25.4 Å². The SMILES string of the molecule is CNS(=O)(=O)C[C@@H](Nc1nc(-c2cn(S(=O)(=O)c3ccc(C)cc3)c3ncc(F)cc23)ncc1F)C(C)(C)C. The molecule has 39 heavy (non-hydrogen) atoms. The predicted octanol–water partition coefficient (Wildman–Crippen LogP) is 3.69. The van der Waals surface area contributed by atoms with E-state index in [-0.39, 0.29) is 38.9 Å². The molecule has 0 amide bonds. The van der Waals surface area contributed by atoms with E-state index in [9.17, 15) is 25.6 Å². The lowest BCUT2D eigenvalue weighted by molar-refractivity contribution is 0.357. The smallest absolute Gasteiger partial charge is 0.269 e. The molecule has 14 heteroatoms. The number of rotatable bonds is 8. The molecule has 3 heterocycles. The van der Waals surface area contributed by atoms with Gasteiger partial charge in [0.05, 0.1) is 23.0 Å². The van der Waals surface area contributed by atoms with Crippen LogP contribution in [-0.4, -0.2) is 54.6 Å². The Morgan fingerprint density at radius 3 is 2.31 bits per heavy atom. The van der Waals surface area contributed by atoms with Gasteiger partial charge in [-0.3, -0.25) is 0 Å². The minimum absolute atomic E-state index is 0.0104. The molecule has 0 aliphatic rings. The number of anilines is 1. The summed E-state index contributed by atoms with van der Waals surface area (Å²) < 4.78 is 83.7. The quantitative estimate of drug-likeness (QED) is 0.323. The number of aryl methyl sites for hydroxylation is 1. The van der Waals surface area contributed by atoms with E-state index in [1.54, 1.807) is 32.9 Å². The van der Waals surface area contributed by atoms with Crippen molar-refractivity contribution in [1.82, 2.24) is 23.6 Å². The second-order valence-corrected chi connectivity index (χ2v) is 13.9. The van der Waals surface area contributed by atoms with Crippen LogP contribution in [0.5, 0.6) is 0 Å². The average Bonchev–Trinajstić information content (AvgIpc) is 3.24. The Hall–Kier alpha value is -3.49. The first-order valence-corrected chi connectivity index (χ1v) is 14.9. The summed E-state index contributed by atoms with van der Waals surface area (Å²) in [5.74, 6) is -2.35. The van der Waals surface area contributed by atoms with Crippen molar-refractivity contribution in [3.63, 3.8) is 0 Å². The van der Waals surface area contributed by atoms with Crippen LogP contribution in [0, 0.1) is 24.0 Å². The van der Waals surface area contributed by atoms with Crippen molar-refractivity contribution in [2.75, 3.05) is 18.1 Å². The third-order valence-electron chi connectivity index (χ3n) is 6.19. The maximum absolute atomic E-state index is 14.8. The standard InChI is InChI=1S/C25H28F2N6O4S2/c1-15-6-8-17(9-7-15)39(36,37)33-13-19(18-10-16(26)11-30-24(18)33)22-29-12-20(27)23(32-22)31-21(25(2,3)4)14-38(34,35)28-5/h6-13,21,28H,14H2,1-5H3,(H,29,31,32)/t21-/m1/s1. The van der Waals surface area contributed by atoms with Crippen molar-refractivity contribution in [3.05, 3.63) is 66.1 Å². The molecule has 0 spiro atoms. The van der Waals surface area contributed by atoms with Gasteiger partial charge in [-0.05, 0) is 37.6 Å². The lowest BCUT2D eigenvalue weighted by Gasteiger charge is -2.31. The van der Waals surface area contributed by atoms with Gasteiger partial charge in [0.15, 0.2) is 23.1 Å². The van der Waals surface area contributed by atoms with Crippen molar-refractivity contribution >= 4 is 36.9 Å². The highest BCUT2D eigenvalue weighted by atomic mass is 32.2. The number of nitrogens with zero attached hydrogens (tertiary/aromatic N) is 4. The summed E-state index contributed by atoms with van der Waals surface area (Å²) in [5.41, 5.74) is 0.253. The first-order valence-electron chi connectivity index (χ1n) is 11.8. The van der Waals surface area contributed by atoms with Gasteiger partial charge in [0.1, 0.15) is 5.82 Å². The van der Waals surface area contributed by atoms with Crippen LogP contribution in [0.4, 0.5) is 14.6 Å². The molecular formula is C25H28F2N6O4S2. The number of fused-ring (bicyclic) bond motifs is 1. The van der Waals surface area contributed by atoms with Crippen molar-refractivity contribution in [2.24, 2.45) is 5.41 Å². The van der Waals surface area contributed by atoms with Crippen molar-refractivity contribution in [1.29, 1.82) is 0 Å². The molecule has 10 nitrogen and oxygen atoms in total. The van der Waals surface area contributed by atoms with Gasteiger partial charge >= 0.3 is 0 Å². The molecule has 0 aliphatic heterocycles. The predicted molar refractivity (Wildman–Crippen MR) is 144 cm³/mol. The van der Waals surface area contributed by atoms with Crippen LogP contribution in [0.3, 0.4) is 0 Å². The fourth-order valence-electron chi connectivity index (χ4n) is 3.81. The summed E-state index contributed by atoms with van der Waals surface area (Å²) in [7, 11) is -6.54. The van der Waals surface area contributed by atoms with Crippen LogP contribution in [-0.2, 0) is 20.0 Å². The van der Waals surface area contributed by atoms with E-state index in [0.717, 1.165) is 28.0 Å². The Morgan fingerprint density at radius 1 is 1.03 bits per heavy atom. The monoisotopic (exact) mass is 578 g/mol. The molecule has 0 aliphatic carbocycles. The van der Waals surface area contributed by atoms with Crippen LogP contribution in [0.25, 0.3) is 22.4 Å². The van der Waals surface area contributed by atoms with Crippen LogP contribution in [0.15, 0.2) is 53.8 Å². The van der Waals surface area contributed by atoms with Crippen LogP contribution in [0.1, 0.15) is 26.3 Å². The van der Waals surface area contributed by atoms with Gasteiger partial charge in [-0.25, -0.2) is 49.3 Å². The Morgan fingerprint density at radius 2 is 1.69 bits per heavy atom. The molecule has 0 radical (unpaired) electrons. The third-order valence-corrected chi connectivity index (χ3v) is 9.25. The van der Waals surface area contributed by atoms with Crippen LogP contribution >= 0.6 is 0 Å². The Balaban J connectivity index is 1.85. The minimum atomic E-state index is -4.15. The topological polar surface area (TPSA) is 136 Å². The van der Waals surface area contributed by atoms with Crippen LogP contribution in [0.2, 0.25) is 0 Å². The summed E-state index contributed by atoms with van der Waals surface area (Å²) in [4.78, 5) is 12.2. The molecule has 0 saturated heterocycles. The Bertz CT molecular complexity index is 1750. The maximum atomic E-state index is 14.8. The van der Waals surface area contributed by atoms with Gasteiger partial charge in [0.25, 0.3) is 10.0 Å². The molecule has 208 valence electrons. The first kappa shape index (κ1) is 28.5. The first-order chi connectivity index (χ1) is 18.1. The van der Waals surface area contributed by atoms with Crippen LogP contribution < -0.4 is 10.0 Å². The summed E-state index contributed by atoms with van der Waals surface area (Å²) in [5, 5.41) is 2.95. The number of sulfonamides is 1. The van der Waals surface area contributed by atoms with E-state index in [1.807, 2.05) is 6.92 Å².